The standard InChI is InChI=1S/C19H34BO5P.Y/c1-10(2)16-18(13(6)19(20)24-16)25-26(21)9-8-15-17(22-11(3)4)12(5)14(7)23-15;/h8-19,26H,1-7H3;/b9-8+;/t12-,13+,14+,15-,16-,17?,18?,19-;/m1./s1. The third-order valence-corrected chi connectivity index (χ3v) is 6.36. The quantitative estimate of drug-likeness (QED) is 0.417. The van der Waals surface area contributed by atoms with Crippen molar-refractivity contribution in [2.45, 2.75) is 91.1 Å². The molecule has 0 aromatic rings. The van der Waals surface area contributed by atoms with Crippen LogP contribution >= 0.6 is 8.03 Å². The van der Waals surface area contributed by atoms with E-state index >= 15 is 0 Å². The van der Waals surface area contributed by atoms with Crippen LogP contribution in [0, 0.1) is 17.8 Å². The van der Waals surface area contributed by atoms with Crippen LogP contribution in [0.25, 0.3) is 0 Å². The first-order valence-electron chi connectivity index (χ1n) is 9.72. The Balaban J connectivity index is 0.00000364. The molecule has 0 aromatic heterocycles. The van der Waals surface area contributed by atoms with Crippen molar-refractivity contribution >= 4 is 15.9 Å². The molecule has 0 N–H and O–H groups in total. The summed E-state index contributed by atoms with van der Waals surface area (Å²) < 4.78 is 36.2. The Morgan fingerprint density at radius 2 is 1.67 bits per heavy atom. The van der Waals surface area contributed by atoms with E-state index in [-0.39, 0.29) is 93.1 Å². The first kappa shape index (κ1) is 26.0. The van der Waals surface area contributed by atoms with Crippen LogP contribution in [0.15, 0.2) is 11.9 Å². The summed E-state index contributed by atoms with van der Waals surface area (Å²) in [6.07, 6.45) is 1.41. The van der Waals surface area contributed by atoms with Gasteiger partial charge in [0.25, 0.3) is 0 Å². The van der Waals surface area contributed by atoms with Gasteiger partial charge in [-0.1, -0.05) is 27.7 Å². The molecule has 8 heteroatoms. The van der Waals surface area contributed by atoms with Crippen LogP contribution in [0.4, 0.5) is 0 Å². The average molecular weight is 473 g/mol. The molecule has 0 aliphatic carbocycles. The largest absolute Gasteiger partial charge is 0.381 e. The van der Waals surface area contributed by atoms with E-state index in [9.17, 15) is 4.57 Å². The SMILES string of the molecule is [B][C@@H]1O[C@H](C(C)C)C(O[PH](=O)/C=C/[C@H]2O[C@@H](C)[C@@H](C)C2OC(C)C)[C@@H]1C.[Y]. The second-order valence-electron chi connectivity index (χ2n) is 8.24. The molecule has 0 bridgehead atoms. The molecule has 9 atom stereocenters. The van der Waals surface area contributed by atoms with Crippen molar-refractivity contribution in [1.82, 2.24) is 0 Å². The van der Waals surface area contributed by atoms with Crippen LogP contribution in [0.5, 0.6) is 0 Å². The van der Waals surface area contributed by atoms with E-state index in [0.717, 1.165) is 0 Å². The van der Waals surface area contributed by atoms with Crippen molar-refractivity contribution in [1.29, 1.82) is 0 Å². The van der Waals surface area contributed by atoms with Gasteiger partial charge < -0.3 is 18.7 Å². The summed E-state index contributed by atoms with van der Waals surface area (Å²) in [6.45, 7) is 14.3. The molecule has 2 saturated heterocycles. The van der Waals surface area contributed by atoms with E-state index in [2.05, 4.69) is 20.8 Å². The first-order chi connectivity index (χ1) is 12.1. The zero-order chi connectivity index (χ0) is 19.6. The van der Waals surface area contributed by atoms with Crippen molar-refractivity contribution < 1.29 is 56.0 Å². The zero-order valence-electron chi connectivity index (χ0n) is 17.6. The second kappa shape index (κ2) is 11.4. The van der Waals surface area contributed by atoms with Crippen molar-refractivity contribution in [2.24, 2.45) is 17.8 Å². The minimum absolute atomic E-state index is 0. The normalized spacial score (nSPS) is 40.8. The molecule has 0 spiro atoms. The van der Waals surface area contributed by atoms with Gasteiger partial charge in [-0.15, -0.1) is 0 Å². The Morgan fingerprint density at radius 1 is 1.04 bits per heavy atom. The maximum absolute atomic E-state index is 12.6. The van der Waals surface area contributed by atoms with E-state index in [1.807, 2.05) is 33.8 Å². The van der Waals surface area contributed by atoms with Gasteiger partial charge in [0, 0.05) is 50.5 Å². The third-order valence-electron chi connectivity index (χ3n) is 5.39. The van der Waals surface area contributed by atoms with Crippen LogP contribution in [0.1, 0.15) is 48.5 Å². The Kier molecular flexibility index (Phi) is 11.0. The van der Waals surface area contributed by atoms with Crippen LogP contribution < -0.4 is 0 Å². The molecule has 2 fully saturated rings. The minimum atomic E-state index is -2.37. The van der Waals surface area contributed by atoms with Crippen molar-refractivity contribution in [3.05, 3.63) is 11.9 Å². The van der Waals surface area contributed by atoms with Gasteiger partial charge in [0.05, 0.1) is 30.5 Å². The van der Waals surface area contributed by atoms with Crippen molar-refractivity contribution in [3.63, 3.8) is 0 Å². The van der Waals surface area contributed by atoms with E-state index in [0.29, 0.717) is 0 Å². The molecule has 0 aromatic carbocycles. The van der Waals surface area contributed by atoms with Crippen molar-refractivity contribution in [2.75, 3.05) is 0 Å². The molecule has 0 amide bonds. The fourth-order valence-corrected chi connectivity index (χ4v) is 4.66. The monoisotopic (exact) mass is 473 g/mol. The molecule has 2 heterocycles. The predicted molar refractivity (Wildman–Crippen MR) is 105 cm³/mol. The van der Waals surface area contributed by atoms with E-state index in [1.54, 1.807) is 5.82 Å². The first-order valence-corrected chi connectivity index (χ1v) is 11.1. The molecular weight excluding hydrogens is 439 g/mol. The van der Waals surface area contributed by atoms with Gasteiger partial charge in [0.2, 0.25) is 8.03 Å². The summed E-state index contributed by atoms with van der Waals surface area (Å²) >= 11 is 0. The molecule has 2 aliphatic rings. The fraction of sp³-hybridized carbons (Fsp3) is 0.895. The van der Waals surface area contributed by atoms with Gasteiger partial charge >= 0.3 is 0 Å². The number of hydrogen-bond donors (Lipinski definition) is 0. The smallest absolute Gasteiger partial charge is 0.213 e. The van der Waals surface area contributed by atoms with Gasteiger partial charge in [-0.25, -0.2) is 0 Å². The third kappa shape index (κ3) is 6.74. The molecule has 5 nitrogen and oxygen atoms in total. The zero-order valence-corrected chi connectivity index (χ0v) is 21.5. The molecule has 27 heavy (non-hydrogen) atoms. The Hall–Kier alpha value is 0.979. The fourth-order valence-electron chi connectivity index (χ4n) is 3.61. The van der Waals surface area contributed by atoms with Crippen molar-refractivity contribution in [3.8, 4) is 0 Å². The van der Waals surface area contributed by atoms with Gasteiger partial charge in [0.15, 0.2) is 0 Å². The van der Waals surface area contributed by atoms with Gasteiger partial charge in [-0.3, -0.25) is 4.57 Å². The second-order valence-corrected chi connectivity index (χ2v) is 9.45. The Morgan fingerprint density at radius 3 is 2.22 bits per heavy atom. The van der Waals surface area contributed by atoms with E-state index in [1.165, 1.54) is 0 Å². The van der Waals surface area contributed by atoms with E-state index < -0.39 is 8.03 Å². The Labute approximate surface area is 191 Å². The predicted octanol–water partition coefficient (Wildman–Crippen LogP) is 3.76. The molecule has 0 saturated carbocycles. The van der Waals surface area contributed by atoms with Gasteiger partial charge in [0.1, 0.15) is 14.0 Å². The van der Waals surface area contributed by atoms with Crippen LogP contribution in [0.3, 0.4) is 0 Å². The van der Waals surface area contributed by atoms with Gasteiger partial charge in [-0.2, -0.15) is 0 Å². The summed E-state index contributed by atoms with van der Waals surface area (Å²) in [5.41, 5.74) is 0. The summed E-state index contributed by atoms with van der Waals surface area (Å²) in [5, 5.41) is 0. The molecule has 2 rings (SSSR count). The maximum Gasteiger partial charge on any atom is 0.213 e. The topological polar surface area (TPSA) is 54.0 Å². The molecular formula is C19H34BO5PY. The molecule has 151 valence electrons. The summed E-state index contributed by atoms with van der Waals surface area (Å²) in [6, 6.07) is -0.380. The molecule has 2 aliphatic heterocycles. The summed E-state index contributed by atoms with van der Waals surface area (Å²) in [4.78, 5) is 0. The number of rotatable bonds is 7. The summed E-state index contributed by atoms with van der Waals surface area (Å²) in [7, 11) is 3.63. The average Bonchev–Trinajstić information content (AvgIpc) is 2.97. The molecule has 3 radical (unpaired) electrons. The molecule has 3 unspecified atom stereocenters. The number of hydrogen-bond acceptors (Lipinski definition) is 5. The van der Waals surface area contributed by atoms with E-state index in [4.69, 9.17) is 26.6 Å². The summed E-state index contributed by atoms with van der Waals surface area (Å²) in [5.74, 6) is 2.16. The van der Waals surface area contributed by atoms with Crippen LogP contribution in [-0.2, 0) is 56.0 Å². The Bertz CT molecular complexity index is 518. The van der Waals surface area contributed by atoms with Crippen LogP contribution in [0.2, 0.25) is 0 Å². The number of ether oxygens (including phenoxy) is 3. The van der Waals surface area contributed by atoms with Crippen LogP contribution in [-0.4, -0.2) is 50.5 Å². The van der Waals surface area contributed by atoms with Gasteiger partial charge in [-0.05, 0) is 38.6 Å². The maximum atomic E-state index is 12.6. The minimum Gasteiger partial charge on any atom is -0.381 e.